The van der Waals surface area contributed by atoms with Crippen molar-refractivity contribution in [2.24, 2.45) is 0 Å². The van der Waals surface area contributed by atoms with E-state index in [0.717, 1.165) is 0 Å². The van der Waals surface area contributed by atoms with E-state index >= 15 is 0 Å². The maximum absolute atomic E-state index is 13.9. The number of thiophene rings is 1. The van der Waals surface area contributed by atoms with Gasteiger partial charge in [-0.3, -0.25) is 9.36 Å². The summed E-state index contributed by atoms with van der Waals surface area (Å²) in [5.41, 5.74) is 1.36. The van der Waals surface area contributed by atoms with E-state index in [1.165, 1.54) is 22.0 Å². The van der Waals surface area contributed by atoms with Gasteiger partial charge in [0.25, 0.3) is 5.56 Å². The highest BCUT2D eigenvalue weighted by molar-refractivity contribution is 7.17. The van der Waals surface area contributed by atoms with Gasteiger partial charge in [0.2, 0.25) is 0 Å². The lowest BCUT2D eigenvalue weighted by Crippen LogP contribution is -2.21. The lowest BCUT2D eigenvalue weighted by atomic mass is 10.2. The predicted molar refractivity (Wildman–Crippen MR) is 106 cm³/mol. The Balaban J connectivity index is 1.96. The molecular formula is C20H12ClFN2OS. The summed E-state index contributed by atoms with van der Waals surface area (Å²) >= 11 is 7.63. The smallest absolute Gasteiger partial charge is 0.267 e. The molecule has 2 aromatic heterocycles. The summed E-state index contributed by atoms with van der Waals surface area (Å²) in [6.07, 6.45) is 3.23. The first-order valence-electron chi connectivity index (χ1n) is 7.83. The van der Waals surface area contributed by atoms with E-state index in [0.29, 0.717) is 32.3 Å². The zero-order chi connectivity index (χ0) is 18.1. The van der Waals surface area contributed by atoms with Crippen LogP contribution < -0.4 is 5.56 Å². The Labute approximate surface area is 157 Å². The van der Waals surface area contributed by atoms with Gasteiger partial charge in [-0.1, -0.05) is 41.9 Å². The van der Waals surface area contributed by atoms with Gasteiger partial charge in [-0.25, -0.2) is 9.37 Å². The second-order valence-electron chi connectivity index (χ2n) is 5.55. The molecule has 0 bridgehead atoms. The van der Waals surface area contributed by atoms with Gasteiger partial charge in [0.05, 0.1) is 16.2 Å². The normalized spacial score (nSPS) is 11.5. The highest BCUT2D eigenvalue weighted by Crippen LogP contribution is 2.23. The van der Waals surface area contributed by atoms with Gasteiger partial charge in [-0.05, 0) is 41.8 Å². The van der Waals surface area contributed by atoms with Crippen molar-refractivity contribution in [2.45, 2.75) is 0 Å². The van der Waals surface area contributed by atoms with Crippen molar-refractivity contribution in [1.82, 2.24) is 9.55 Å². The first-order chi connectivity index (χ1) is 12.6. The summed E-state index contributed by atoms with van der Waals surface area (Å²) in [4.78, 5) is 17.6. The minimum absolute atomic E-state index is 0.203. The third-order valence-corrected chi connectivity index (χ3v) is 5.13. The maximum Gasteiger partial charge on any atom is 0.276 e. The molecule has 6 heteroatoms. The molecule has 2 aromatic carbocycles. The summed E-state index contributed by atoms with van der Waals surface area (Å²) in [7, 11) is 0. The van der Waals surface area contributed by atoms with Crippen molar-refractivity contribution in [1.29, 1.82) is 0 Å². The zero-order valence-corrected chi connectivity index (χ0v) is 15.0. The molecule has 0 radical (unpaired) electrons. The molecule has 0 aliphatic rings. The first kappa shape index (κ1) is 16.7. The van der Waals surface area contributed by atoms with Crippen molar-refractivity contribution in [3.63, 3.8) is 0 Å². The first-order valence-corrected chi connectivity index (χ1v) is 9.08. The fourth-order valence-corrected chi connectivity index (χ4v) is 3.66. The van der Waals surface area contributed by atoms with Crippen LogP contribution in [0.4, 0.5) is 4.39 Å². The molecule has 0 unspecified atom stereocenters. The van der Waals surface area contributed by atoms with Crippen LogP contribution in [-0.2, 0) is 0 Å². The minimum atomic E-state index is -0.341. The minimum Gasteiger partial charge on any atom is -0.267 e. The van der Waals surface area contributed by atoms with E-state index in [1.54, 1.807) is 60.7 Å². The number of fused-ring (bicyclic) bond motifs is 1. The number of rotatable bonds is 3. The SMILES string of the molecule is O=c1c2sccc2nc(C=Cc2ccccc2F)n1-c1ccccc1Cl. The third-order valence-electron chi connectivity index (χ3n) is 3.92. The predicted octanol–water partition coefficient (Wildman–Crippen LogP) is 5.41. The standard InChI is InChI=1S/C20H12ClFN2OS/c21-14-6-2-4-8-17(14)24-18(10-9-13-5-1-3-7-15(13)22)23-16-11-12-26-19(16)20(24)25/h1-12H. The molecule has 3 nitrogen and oxygen atoms in total. The second-order valence-corrected chi connectivity index (χ2v) is 6.88. The fraction of sp³-hybridized carbons (Fsp3) is 0. The quantitative estimate of drug-likeness (QED) is 0.475. The van der Waals surface area contributed by atoms with Gasteiger partial charge in [0, 0.05) is 5.56 Å². The van der Waals surface area contributed by atoms with Crippen LogP contribution in [0.5, 0.6) is 0 Å². The van der Waals surface area contributed by atoms with Gasteiger partial charge < -0.3 is 0 Å². The molecule has 0 atom stereocenters. The summed E-state index contributed by atoms with van der Waals surface area (Å²) in [5, 5.41) is 2.26. The van der Waals surface area contributed by atoms with Crippen LogP contribution in [0.3, 0.4) is 0 Å². The van der Waals surface area contributed by atoms with Gasteiger partial charge in [0.15, 0.2) is 0 Å². The van der Waals surface area contributed by atoms with Gasteiger partial charge >= 0.3 is 0 Å². The Morgan fingerprint density at radius 3 is 2.62 bits per heavy atom. The average Bonchev–Trinajstić information content (AvgIpc) is 3.11. The molecule has 2 heterocycles. The molecule has 0 saturated carbocycles. The molecule has 0 amide bonds. The number of para-hydroxylation sites is 1. The van der Waals surface area contributed by atoms with E-state index in [-0.39, 0.29) is 11.4 Å². The number of hydrogen-bond donors (Lipinski definition) is 0. The third kappa shape index (κ3) is 2.96. The lowest BCUT2D eigenvalue weighted by molar-refractivity contribution is 0.625. The summed E-state index contributed by atoms with van der Waals surface area (Å²) in [6, 6.07) is 15.3. The molecule has 4 rings (SSSR count). The largest absolute Gasteiger partial charge is 0.276 e. The molecule has 0 fully saturated rings. The van der Waals surface area contributed by atoms with Crippen LogP contribution in [0.25, 0.3) is 28.1 Å². The van der Waals surface area contributed by atoms with Gasteiger partial charge in [-0.2, -0.15) is 0 Å². The fourth-order valence-electron chi connectivity index (χ4n) is 2.68. The van der Waals surface area contributed by atoms with Crippen LogP contribution in [-0.4, -0.2) is 9.55 Å². The highest BCUT2D eigenvalue weighted by atomic mass is 35.5. The number of aromatic nitrogens is 2. The molecule has 26 heavy (non-hydrogen) atoms. The Morgan fingerprint density at radius 2 is 1.81 bits per heavy atom. The topological polar surface area (TPSA) is 34.9 Å². The molecule has 0 spiro atoms. The Morgan fingerprint density at radius 1 is 1.04 bits per heavy atom. The van der Waals surface area contributed by atoms with Crippen LogP contribution in [0.15, 0.2) is 64.8 Å². The van der Waals surface area contributed by atoms with Crippen molar-refractivity contribution in [2.75, 3.05) is 0 Å². The summed E-state index contributed by atoms with van der Waals surface area (Å²) in [6.45, 7) is 0. The zero-order valence-electron chi connectivity index (χ0n) is 13.4. The van der Waals surface area contributed by atoms with E-state index in [2.05, 4.69) is 4.98 Å². The van der Waals surface area contributed by atoms with Gasteiger partial charge in [-0.15, -0.1) is 11.3 Å². The van der Waals surface area contributed by atoms with E-state index < -0.39 is 0 Å². The Bertz CT molecular complexity index is 1200. The van der Waals surface area contributed by atoms with Crippen molar-refractivity contribution >= 4 is 45.3 Å². The number of benzene rings is 2. The molecule has 0 saturated heterocycles. The van der Waals surface area contributed by atoms with Crippen LogP contribution in [0.2, 0.25) is 5.02 Å². The Kier molecular flexibility index (Phi) is 4.41. The number of halogens is 2. The van der Waals surface area contributed by atoms with Crippen molar-refractivity contribution in [3.05, 3.63) is 92.6 Å². The number of hydrogen-bond acceptors (Lipinski definition) is 3. The summed E-state index contributed by atoms with van der Waals surface area (Å²) in [5.74, 6) is 0.0456. The average molecular weight is 383 g/mol. The Hall–Kier alpha value is -2.76. The van der Waals surface area contributed by atoms with Gasteiger partial charge in [0.1, 0.15) is 16.3 Å². The molecule has 128 valence electrons. The molecule has 0 aliphatic carbocycles. The molecule has 0 N–H and O–H groups in total. The lowest BCUT2D eigenvalue weighted by Gasteiger charge is -2.11. The van der Waals surface area contributed by atoms with E-state index in [4.69, 9.17) is 11.6 Å². The van der Waals surface area contributed by atoms with E-state index in [9.17, 15) is 9.18 Å². The number of nitrogens with zero attached hydrogens (tertiary/aromatic N) is 2. The van der Waals surface area contributed by atoms with E-state index in [1.807, 2.05) is 5.38 Å². The molecular weight excluding hydrogens is 371 g/mol. The summed E-state index contributed by atoms with van der Waals surface area (Å²) < 4.78 is 15.9. The van der Waals surface area contributed by atoms with Crippen molar-refractivity contribution < 1.29 is 4.39 Å². The van der Waals surface area contributed by atoms with Crippen molar-refractivity contribution in [3.8, 4) is 5.69 Å². The van der Waals surface area contributed by atoms with Crippen LogP contribution in [0, 0.1) is 5.82 Å². The highest BCUT2D eigenvalue weighted by Gasteiger charge is 2.14. The van der Waals surface area contributed by atoms with Crippen LogP contribution >= 0.6 is 22.9 Å². The molecule has 0 aliphatic heterocycles. The second kappa shape index (κ2) is 6.86. The molecule has 4 aromatic rings. The maximum atomic E-state index is 13.9. The van der Waals surface area contributed by atoms with Crippen LogP contribution in [0.1, 0.15) is 11.4 Å². The monoisotopic (exact) mass is 382 g/mol.